The summed E-state index contributed by atoms with van der Waals surface area (Å²) in [4.78, 5) is 0. The summed E-state index contributed by atoms with van der Waals surface area (Å²) in [5.74, 6) is 0.525. The molecule has 0 N–H and O–H groups in total. The molecule has 0 fully saturated rings. The van der Waals surface area contributed by atoms with Gasteiger partial charge in [-0.15, -0.1) is 5.10 Å². The second-order valence-electron chi connectivity index (χ2n) is 3.65. The number of nitrogens with zero attached hydrogens (tertiary/aromatic N) is 3. The minimum Gasteiger partial charge on any atom is -0.249 e. The van der Waals surface area contributed by atoms with E-state index in [9.17, 15) is 0 Å². The molecular weight excluding hydrogens is 162 g/mol. The summed E-state index contributed by atoms with van der Waals surface area (Å²) in [6.07, 6.45) is 2.10. The fraction of sp³-hybridized carbons (Fsp3) is 0.800. The smallest absolute Gasteiger partial charge is 0.0859 e. The van der Waals surface area contributed by atoms with Gasteiger partial charge in [0.2, 0.25) is 0 Å². The minimum atomic E-state index is 0.525. The largest absolute Gasteiger partial charge is 0.249 e. The van der Waals surface area contributed by atoms with Crippen molar-refractivity contribution in [1.29, 1.82) is 0 Å². The fourth-order valence-corrected chi connectivity index (χ4v) is 1.62. The number of aromatic nitrogens is 3. The molecule has 1 rings (SSSR count). The van der Waals surface area contributed by atoms with Crippen LogP contribution in [0.3, 0.4) is 0 Å². The molecule has 13 heavy (non-hydrogen) atoms. The van der Waals surface area contributed by atoms with E-state index in [4.69, 9.17) is 0 Å². The first kappa shape index (κ1) is 10.2. The maximum absolute atomic E-state index is 4.19. The first-order valence-corrected chi connectivity index (χ1v) is 5.12. The molecule has 0 bridgehead atoms. The molecule has 0 saturated carbocycles. The van der Waals surface area contributed by atoms with E-state index in [0.29, 0.717) is 5.92 Å². The van der Waals surface area contributed by atoms with E-state index >= 15 is 0 Å². The maximum Gasteiger partial charge on any atom is 0.0859 e. The van der Waals surface area contributed by atoms with Crippen molar-refractivity contribution in [3.8, 4) is 0 Å². The van der Waals surface area contributed by atoms with E-state index in [1.807, 2.05) is 4.68 Å². The van der Waals surface area contributed by atoms with E-state index < -0.39 is 0 Å². The minimum absolute atomic E-state index is 0.525. The Morgan fingerprint density at radius 2 is 2.00 bits per heavy atom. The highest BCUT2D eigenvalue weighted by atomic mass is 15.4. The molecule has 3 heteroatoms. The monoisotopic (exact) mass is 181 g/mol. The average Bonchev–Trinajstić information content (AvgIpc) is 2.48. The number of hydrogen-bond donors (Lipinski definition) is 0. The zero-order valence-corrected chi connectivity index (χ0v) is 9.04. The third-order valence-electron chi connectivity index (χ3n) is 2.16. The van der Waals surface area contributed by atoms with Gasteiger partial charge in [0.15, 0.2) is 0 Å². The number of rotatable bonds is 4. The lowest BCUT2D eigenvalue weighted by atomic mass is 10.1. The van der Waals surface area contributed by atoms with Gasteiger partial charge in [-0.1, -0.05) is 32.9 Å². The summed E-state index contributed by atoms with van der Waals surface area (Å²) >= 11 is 0. The van der Waals surface area contributed by atoms with E-state index in [1.54, 1.807) is 0 Å². The van der Waals surface area contributed by atoms with Crippen molar-refractivity contribution in [3.63, 3.8) is 0 Å². The Hall–Kier alpha value is -0.860. The van der Waals surface area contributed by atoms with Crippen LogP contribution in [0.25, 0.3) is 0 Å². The number of hydrogen-bond acceptors (Lipinski definition) is 2. The fourth-order valence-electron chi connectivity index (χ4n) is 1.62. The quantitative estimate of drug-likeness (QED) is 0.714. The van der Waals surface area contributed by atoms with E-state index in [2.05, 4.69) is 38.0 Å². The zero-order valence-electron chi connectivity index (χ0n) is 9.04. The molecule has 0 amide bonds. The van der Waals surface area contributed by atoms with Gasteiger partial charge in [0.1, 0.15) is 0 Å². The van der Waals surface area contributed by atoms with Crippen molar-refractivity contribution < 1.29 is 0 Å². The molecule has 74 valence electrons. The molecule has 1 heterocycles. The van der Waals surface area contributed by atoms with Crippen LogP contribution >= 0.6 is 0 Å². The Bertz CT molecular complexity index is 263. The molecule has 0 aliphatic heterocycles. The van der Waals surface area contributed by atoms with Crippen LogP contribution in [0.1, 0.15) is 51.4 Å². The Morgan fingerprint density at radius 1 is 1.31 bits per heavy atom. The first-order valence-electron chi connectivity index (χ1n) is 5.12. The molecule has 0 aromatic carbocycles. The van der Waals surface area contributed by atoms with E-state index in [1.165, 1.54) is 5.69 Å². The van der Waals surface area contributed by atoms with Crippen LogP contribution < -0.4 is 0 Å². The summed E-state index contributed by atoms with van der Waals surface area (Å²) in [5.41, 5.74) is 2.47. The zero-order chi connectivity index (χ0) is 9.84. The summed E-state index contributed by atoms with van der Waals surface area (Å²) in [6, 6.07) is 0. The van der Waals surface area contributed by atoms with Gasteiger partial charge in [0, 0.05) is 6.54 Å². The third-order valence-corrected chi connectivity index (χ3v) is 2.16. The highest BCUT2D eigenvalue weighted by molar-refractivity contribution is 5.13. The molecule has 1 aromatic rings. The van der Waals surface area contributed by atoms with Gasteiger partial charge in [0.25, 0.3) is 0 Å². The second kappa shape index (κ2) is 4.40. The maximum atomic E-state index is 4.19. The van der Waals surface area contributed by atoms with Crippen molar-refractivity contribution in [2.75, 3.05) is 0 Å². The third kappa shape index (κ3) is 2.08. The van der Waals surface area contributed by atoms with Gasteiger partial charge in [-0.2, -0.15) is 0 Å². The normalized spacial score (nSPS) is 11.2. The van der Waals surface area contributed by atoms with Gasteiger partial charge >= 0.3 is 0 Å². The molecule has 1 aromatic heterocycles. The van der Waals surface area contributed by atoms with Crippen molar-refractivity contribution in [2.24, 2.45) is 0 Å². The number of aryl methyl sites for hydroxylation is 2. The standard InChI is InChI=1S/C10H19N3/c1-5-7-13-10(8(3)4)9(6-2)11-12-13/h8H,5-7H2,1-4H3. The predicted octanol–water partition coefficient (Wildman–Crippen LogP) is 2.37. The van der Waals surface area contributed by atoms with Crippen molar-refractivity contribution >= 4 is 0 Å². The van der Waals surface area contributed by atoms with Gasteiger partial charge in [-0.05, 0) is 18.8 Å². The van der Waals surface area contributed by atoms with Gasteiger partial charge in [-0.25, -0.2) is 4.68 Å². The molecular formula is C10H19N3. The first-order chi connectivity index (χ1) is 6.20. The lowest BCUT2D eigenvalue weighted by Gasteiger charge is -2.09. The highest BCUT2D eigenvalue weighted by Gasteiger charge is 2.13. The lowest BCUT2D eigenvalue weighted by Crippen LogP contribution is -2.07. The van der Waals surface area contributed by atoms with Gasteiger partial charge in [0.05, 0.1) is 11.4 Å². The molecule has 0 atom stereocenters. The van der Waals surface area contributed by atoms with Crippen molar-refractivity contribution in [1.82, 2.24) is 15.0 Å². The van der Waals surface area contributed by atoms with Crippen molar-refractivity contribution in [2.45, 2.75) is 53.0 Å². The van der Waals surface area contributed by atoms with Crippen LogP contribution in [0.4, 0.5) is 0 Å². The van der Waals surface area contributed by atoms with E-state index in [0.717, 1.165) is 25.1 Å². The topological polar surface area (TPSA) is 30.7 Å². The highest BCUT2D eigenvalue weighted by Crippen LogP contribution is 2.17. The van der Waals surface area contributed by atoms with Crippen LogP contribution in [0, 0.1) is 0 Å². The Balaban J connectivity index is 2.99. The Morgan fingerprint density at radius 3 is 2.46 bits per heavy atom. The Labute approximate surface area is 80.1 Å². The molecule has 0 spiro atoms. The average molecular weight is 181 g/mol. The van der Waals surface area contributed by atoms with Gasteiger partial charge in [-0.3, -0.25) is 0 Å². The molecule has 0 aliphatic carbocycles. The summed E-state index contributed by atoms with van der Waals surface area (Å²) in [5, 5.41) is 8.35. The molecule has 0 aliphatic rings. The van der Waals surface area contributed by atoms with Gasteiger partial charge < -0.3 is 0 Å². The summed E-state index contributed by atoms with van der Waals surface area (Å²) in [6.45, 7) is 9.68. The van der Waals surface area contributed by atoms with Crippen LogP contribution in [-0.4, -0.2) is 15.0 Å². The SMILES string of the molecule is CCCn1nnc(CC)c1C(C)C. The summed E-state index contributed by atoms with van der Waals surface area (Å²) in [7, 11) is 0. The Kier molecular flexibility index (Phi) is 3.46. The molecule has 0 saturated heterocycles. The van der Waals surface area contributed by atoms with Crippen LogP contribution in [0.2, 0.25) is 0 Å². The predicted molar refractivity (Wildman–Crippen MR) is 53.8 cm³/mol. The summed E-state index contributed by atoms with van der Waals surface area (Å²) < 4.78 is 2.05. The molecule has 0 unspecified atom stereocenters. The van der Waals surface area contributed by atoms with E-state index in [-0.39, 0.29) is 0 Å². The van der Waals surface area contributed by atoms with Crippen LogP contribution in [0.15, 0.2) is 0 Å². The van der Waals surface area contributed by atoms with Crippen molar-refractivity contribution in [3.05, 3.63) is 11.4 Å². The lowest BCUT2D eigenvalue weighted by molar-refractivity contribution is 0.541. The molecule has 3 nitrogen and oxygen atoms in total. The van der Waals surface area contributed by atoms with Crippen LogP contribution in [-0.2, 0) is 13.0 Å². The second-order valence-corrected chi connectivity index (χ2v) is 3.65. The molecule has 0 radical (unpaired) electrons. The van der Waals surface area contributed by atoms with Crippen LogP contribution in [0.5, 0.6) is 0 Å².